The summed E-state index contributed by atoms with van der Waals surface area (Å²) in [4.78, 5) is 53.2. The number of nitrogens with zero attached hydrogens (tertiary/aromatic N) is 1. The Balaban J connectivity index is 1.18. The van der Waals surface area contributed by atoms with E-state index >= 15 is 0 Å². The van der Waals surface area contributed by atoms with Crippen molar-refractivity contribution in [2.75, 3.05) is 17.6 Å². The number of hydrogen-bond donors (Lipinski definition) is 2. The van der Waals surface area contributed by atoms with Crippen LogP contribution in [0.5, 0.6) is 0 Å². The smallest absolute Gasteiger partial charge is 0.272 e. The number of nitrogens with one attached hydrogen (secondary N) is 2. The first kappa shape index (κ1) is 28.5. The second kappa shape index (κ2) is 13.1. The van der Waals surface area contributed by atoms with Crippen molar-refractivity contribution in [1.29, 1.82) is 0 Å². The topological polar surface area (TPSA) is 95.6 Å². The van der Waals surface area contributed by atoms with Crippen LogP contribution in [0.4, 0.5) is 10.1 Å². The molecule has 0 saturated carbocycles. The van der Waals surface area contributed by atoms with Gasteiger partial charge in [0.05, 0.1) is 11.1 Å². The van der Waals surface area contributed by atoms with Crippen molar-refractivity contribution in [3.8, 4) is 0 Å². The van der Waals surface area contributed by atoms with Crippen LogP contribution in [0.3, 0.4) is 0 Å². The third-order valence-electron chi connectivity index (χ3n) is 6.52. The lowest BCUT2D eigenvalue weighted by molar-refractivity contribution is -0.113. The van der Waals surface area contributed by atoms with Gasteiger partial charge < -0.3 is 10.6 Å². The highest BCUT2D eigenvalue weighted by Crippen LogP contribution is 2.25. The SMILES string of the molecule is O=C(Nc1ccc(SCCCN2C(=O)c3ccccc3C2=O)cc1)/C(=C/c1ccccc1F)NC(=O)c1ccccc1. The number of imide groups is 1. The number of halogens is 1. The summed E-state index contributed by atoms with van der Waals surface area (Å²) in [7, 11) is 0. The van der Waals surface area contributed by atoms with Crippen molar-refractivity contribution in [2.45, 2.75) is 11.3 Å². The Morgan fingerprint density at radius 3 is 2.07 bits per heavy atom. The van der Waals surface area contributed by atoms with Crippen LogP contribution in [-0.4, -0.2) is 40.8 Å². The molecule has 1 aliphatic heterocycles. The van der Waals surface area contributed by atoms with Crippen LogP contribution in [0.25, 0.3) is 6.08 Å². The molecule has 0 unspecified atom stereocenters. The third kappa shape index (κ3) is 6.64. The maximum atomic E-state index is 14.3. The van der Waals surface area contributed by atoms with E-state index in [1.54, 1.807) is 90.6 Å². The minimum atomic E-state index is -0.608. The summed E-state index contributed by atoms with van der Waals surface area (Å²) in [6.07, 6.45) is 1.92. The van der Waals surface area contributed by atoms with E-state index in [2.05, 4.69) is 10.6 Å². The van der Waals surface area contributed by atoms with Crippen LogP contribution in [-0.2, 0) is 4.79 Å². The van der Waals surface area contributed by atoms with Gasteiger partial charge in [-0.3, -0.25) is 24.1 Å². The van der Waals surface area contributed by atoms with E-state index in [0.717, 1.165) is 4.90 Å². The van der Waals surface area contributed by atoms with Crippen molar-refractivity contribution in [1.82, 2.24) is 10.2 Å². The van der Waals surface area contributed by atoms with E-state index < -0.39 is 17.6 Å². The average Bonchev–Trinajstić information content (AvgIpc) is 3.26. The molecule has 7 nitrogen and oxygen atoms in total. The van der Waals surface area contributed by atoms with Gasteiger partial charge in [-0.05, 0) is 72.8 Å². The molecule has 4 aromatic carbocycles. The number of carbonyl (C=O) groups excluding carboxylic acids is 4. The number of fused-ring (bicyclic) bond motifs is 1. The highest BCUT2D eigenvalue weighted by molar-refractivity contribution is 7.99. The molecule has 0 radical (unpaired) electrons. The first-order valence-electron chi connectivity index (χ1n) is 13.2. The molecule has 0 aliphatic carbocycles. The maximum absolute atomic E-state index is 14.3. The zero-order chi connectivity index (χ0) is 29.5. The molecule has 0 saturated heterocycles. The molecule has 1 aliphatic rings. The summed E-state index contributed by atoms with van der Waals surface area (Å²) in [6, 6.07) is 28.3. The first-order valence-corrected chi connectivity index (χ1v) is 14.2. The highest BCUT2D eigenvalue weighted by atomic mass is 32.2. The van der Waals surface area contributed by atoms with E-state index in [4.69, 9.17) is 0 Å². The van der Waals surface area contributed by atoms with Gasteiger partial charge in [0, 0.05) is 28.3 Å². The van der Waals surface area contributed by atoms with Crippen molar-refractivity contribution < 1.29 is 23.6 Å². The van der Waals surface area contributed by atoms with E-state index in [9.17, 15) is 23.6 Å². The number of rotatable bonds is 10. The summed E-state index contributed by atoms with van der Waals surface area (Å²) in [5.74, 6) is -1.47. The molecule has 4 amide bonds. The Morgan fingerprint density at radius 2 is 1.40 bits per heavy atom. The van der Waals surface area contributed by atoms with Gasteiger partial charge in [0.15, 0.2) is 0 Å². The largest absolute Gasteiger partial charge is 0.321 e. The van der Waals surface area contributed by atoms with Gasteiger partial charge in [0.1, 0.15) is 11.5 Å². The lowest BCUT2D eigenvalue weighted by atomic mass is 10.1. The molecule has 0 aromatic heterocycles. The molecule has 0 fully saturated rings. The summed E-state index contributed by atoms with van der Waals surface area (Å²) in [6.45, 7) is 0.333. The fourth-order valence-electron chi connectivity index (χ4n) is 4.38. The van der Waals surface area contributed by atoms with Crippen LogP contribution >= 0.6 is 11.8 Å². The Hall–Kier alpha value is -5.02. The van der Waals surface area contributed by atoms with Crippen molar-refractivity contribution in [2.24, 2.45) is 0 Å². The predicted molar refractivity (Wildman–Crippen MR) is 161 cm³/mol. The highest BCUT2D eigenvalue weighted by Gasteiger charge is 2.34. The van der Waals surface area contributed by atoms with Gasteiger partial charge in [-0.25, -0.2) is 4.39 Å². The maximum Gasteiger partial charge on any atom is 0.272 e. The number of hydrogen-bond acceptors (Lipinski definition) is 5. The van der Waals surface area contributed by atoms with Crippen LogP contribution in [0.2, 0.25) is 0 Å². The second-order valence-electron chi connectivity index (χ2n) is 9.39. The van der Waals surface area contributed by atoms with Gasteiger partial charge in [0.2, 0.25) is 0 Å². The number of thioether (sulfide) groups is 1. The molecular weight excluding hydrogens is 553 g/mol. The average molecular weight is 580 g/mol. The Morgan fingerprint density at radius 1 is 0.786 bits per heavy atom. The number of benzene rings is 4. The predicted octanol–water partition coefficient (Wildman–Crippen LogP) is 6.01. The van der Waals surface area contributed by atoms with Crippen molar-refractivity contribution in [3.63, 3.8) is 0 Å². The molecule has 2 N–H and O–H groups in total. The number of anilines is 1. The zero-order valence-corrected chi connectivity index (χ0v) is 23.2. The third-order valence-corrected chi connectivity index (χ3v) is 7.62. The Kier molecular flexibility index (Phi) is 8.89. The fraction of sp³-hybridized carbons (Fsp3) is 0.0909. The normalized spacial score (nSPS) is 12.7. The molecule has 9 heteroatoms. The molecule has 42 heavy (non-hydrogen) atoms. The fourth-order valence-corrected chi connectivity index (χ4v) is 5.22. The van der Waals surface area contributed by atoms with E-state index in [1.807, 2.05) is 12.1 Å². The van der Waals surface area contributed by atoms with Gasteiger partial charge >= 0.3 is 0 Å². The first-order chi connectivity index (χ1) is 20.4. The molecule has 0 bridgehead atoms. The lowest BCUT2D eigenvalue weighted by Crippen LogP contribution is -2.31. The standard InChI is InChI=1S/C33H26FN3O4S/c34-28-14-7-4-11-23(28)21-29(36-30(38)22-9-2-1-3-10-22)31(39)35-24-15-17-25(18-16-24)42-20-8-19-37-32(40)26-12-5-6-13-27(26)33(37)41/h1-7,9-18,21H,8,19-20H2,(H,35,39)(H,36,38)/b29-21-. The van der Waals surface area contributed by atoms with Crippen LogP contribution in [0, 0.1) is 5.82 Å². The minimum absolute atomic E-state index is 0.111. The lowest BCUT2D eigenvalue weighted by Gasteiger charge is -2.13. The summed E-state index contributed by atoms with van der Waals surface area (Å²) >= 11 is 1.56. The zero-order valence-electron chi connectivity index (χ0n) is 22.4. The molecule has 5 rings (SSSR count). The van der Waals surface area contributed by atoms with Gasteiger partial charge in [0.25, 0.3) is 23.6 Å². The van der Waals surface area contributed by atoms with E-state index in [-0.39, 0.29) is 23.1 Å². The van der Waals surface area contributed by atoms with Crippen LogP contribution in [0.1, 0.15) is 43.1 Å². The van der Waals surface area contributed by atoms with Crippen LogP contribution < -0.4 is 10.6 Å². The summed E-state index contributed by atoms with van der Waals surface area (Å²) in [5.41, 5.74) is 1.78. The molecule has 0 spiro atoms. The molecule has 4 aromatic rings. The second-order valence-corrected chi connectivity index (χ2v) is 10.6. The van der Waals surface area contributed by atoms with Crippen molar-refractivity contribution >= 4 is 47.2 Å². The molecule has 0 atom stereocenters. The Labute approximate surface area is 246 Å². The molecule has 1 heterocycles. The minimum Gasteiger partial charge on any atom is -0.321 e. The van der Waals surface area contributed by atoms with E-state index in [1.165, 1.54) is 23.1 Å². The number of carbonyl (C=O) groups is 4. The van der Waals surface area contributed by atoms with Crippen LogP contribution in [0.15, 0.2) is 114 Å². The summed E-state index contributed by atoms with van der Waals surface area (Å²) < 4.78 is 14.3. The van der Waals surface area contributed by atoms with Gasteiger partial charge in [-0.2, -0.15) is 0 Å². The van der Waals surface area contributed by atoms with Crippen molar-refractivity contribution in [3.05, 3.63) is 137 Å². The van der Waals surface area contributed by atoms with Gasteiger partial charge in [-0.1, -0.05) is 48.5 Å². The summed E-state index contributed by atoms with van der Waals surface area (Å²) in [5, 5.41) is 5.35. The molecular formula is C33H26FN3O4S. The van der Waals surface area contributed by atoms with E-state index in [0.29, 0.717) is 41.1 Å². The number of amides is 4. The monoisotopic (exact) mass is 579 g/mol. The molecule has 210 valence electrons. The van der Waals surface area contributed by atoms with Gasteiger partial charge in [-0.15, -0.1) is 11.8 Å². The quantitative estimate of drug-likeness (QED) is 0.104. The Bertz CT molecular complexity index is 1640.